The summed E-state index contributed by atoms with van der Waals surface area (Å²) in [6, 6.07) is 0. The van der Waals surface area contributed by atoms with Gasteiger partial charge in [-0.2, -0.15) is 4.31 Å². The fourth-order valence-corrected chi connectivity index (χ4v) is 2.10. The molecule has 0 aliphatic rings. The number of hydrogen-bond donors (Lipinski definition) is 2. The molecule has 0 heterocycles. The van der Waals surface area contributed by atoms with Gasteiger partial charge < -0.3 is 9.42 Å². The van der Waals surface area contributed by atoms with Crippen molar-refractivity contribution < 1.29 is 32.3 Å². The summed E-state index contributed by atoms with van der Waals surface area (Å²) in [4.78, 5) is 17.5. The smallest absolute Gasteiger partial charge is 0.412 e. The van der Waals surface area contributed by atoms with Crippen LogP contribution in [0.3, 0.4) is 0 Å². The van der Waals surface area contributed by atoms with Crippen molar-refractivity contribution in [3.05, 3.63) is 12.3 Å². The van der Waals surface area contributed by atoms with E-state index in [2.05, 4.69) is 13.4 Å². The van der Waals surface area contributed by atoms with E-state index in [0.29, 0.717) is 6.42 Å². The zero-order chi connectivity index (χ0) is 11.2. The molecule has 0 bridgehead atoms. The molecule has 2 unspecified atom stereocenters. The fourth-order valence-electron chi connectivity index (χ4n) is 0.399. The van der Waals surface area contributed by atoms with Crippen molar-refractivity contribution in [2.24, 2.45) is 0 Å². The largest absolute Gasteiger partial charge is 0.535 e. The molecule has 14 heavy (non-hydrogen) atoms. The molecule has 0 saturated heterocycles. The number of allylic oxidation sites excluding steroid dienone is 1. The van der Waals surface area contributed by atoms with Crippen LogP contribution in [0, 0.1) is 0 Å². The summed E-state index contributed by atoms with van der Waals surface area (Å²) in [5, 5.41) is 0. The van der Waals surface area contributed by atoms with Gasteiger partial charge in [0.1, 0.15) is 0 Å². The van der Waals surface area contributed by atoms with Crippen LogP contribution in [-0.4, -0.2) is 16.9 Å². The molecule has 2 N–H and O–H groups in total. The maximum atomic E-state index is 10.9. The summed E-state index contributed by atoms with van der Waals surface area (Å²) in [6.45, 7) is 1.77. The van der Waals surface area contributed by atoms with Gasteiger partial charge in [0.25, 0.3) is 0 Å². The summed E-state index contributed by atoms with van der Waals surface area (Å²) < 4.78 is 33.6. The van der Waals surface area contributed by atoms with Crippen LogP contribution in [0.15, 0.2) is 12.3 Å². The van der Waals surface area contributed by atoms with Gasteiger partial charge in [-0.05, 0) is 12.5 Å². The number of phosphoric ester groups is 2. The third-order valence-electron chi connectivity index (χ3n) is 0.963. The Morgan fingerprint density at radius 3 is 2.29 bits per heavy atom. The summed E-state index contributed by atoms with van der Waals surface area (Å²) in [6.07, 6.45) is 2.93. The van der Waals surface area contributed by atoms with Crippen molar-refractivity contribution in [2.75, 3.05) is 7.11 Å². The minimum absolute atomic E-state index is 0.584. The van der Waals surface area contributed by atoms with Gasteiger partial charge in [0.05, 0.1) is 6.26 Å². The molecule has 0 amide bonds. The predicted molar refractivity (Wildman–Crippen MR) is 48.3 cm³/mol. The van der Waals surface area contributed by atoms with E-state index < -0.39 is 15.6 Å². The molecule has 0 rings (SSSR count). The van der Waals surface area contributed by atoms with Crippen molar-refractivity contribution >= 4 is 15.6 Å². The van der Waals surface area contributed by atoms with Crippen LogP contribution in [0.1, 0.15) is 13.3 Å². The maximum Gasteiger partial charge on any atom is 0.535 e. The van der Waals surface area contributed by atoms with Gasteiger partial charge in [-0.3, -0.25) is 9.42 Å². The second-order valence-corrected chi connectivity index (χ2v) is 5.19. The molecular weight excluding hydrogens is 234 g/mol. The Labute approximate surface area is 81.5 Å². The zero-order valence-electron chi connectivity index (χ0n) is 7.69. The van der Waals surface area contributed by atoms with Crippen molar-refractivity contribution in [1.82, 2.24) is 0 Å². The lowest BCUT2D eigenvalue weighted by molar-refractivity contribution is 0.197. The van der Waals surface area contributed by atoms with Gasteiger partial charge in [-0.25, -0.2) is 9.13 Å². The standard InChI is InChI=1S/C5H12O7P2/c1-3-4-5-11-14(8,9)12-13(6,7)10-2/h4-5H,3H2,1-2H3,(H,6,7)(H,8,9). The highest BCUT2D eigenvalue weighted by Gasteiger charge is 2.34. The SMILES string of the molecule is CCC=COP(=O)(O)OP(=O)(O)OC. The fraction of sp³-hybridized carbons (Fsp3) is 0.600. The first-order valence-electron chi connectivity index (χ1n) is 3.59. The van der Waals surface area contributed by atoms with Crippen LogP contribution in [-0.2, 0) is 22.5 Å². The van der Waals surface area contributed by atoms with E-state index in [-0.39, 0.29) is 0 Å². The molecule has 0 aromatic carbocycles. The Morgan fingerprint density at radius 2 is 1.86 bits per heavy atom. The molecule has 0 aliphatic heterocycles. The van der Waals surface area contributed by atoms with Crippen molar-refractivity contribution in [2.45, 2.75) is 13.3 Å². The lowest BCUT2D eigenvalue weighted by Crippen LogP contribution is -1.91. The van der Waals surface area contributed by atoms with E-state index in [0.717, 1.165) is 13.4 Å². The Kier molecular flexibility index (Phi) is 5.59. The highest BCUT2D eigenvalue weighted by molar-refractivity contribution is 7.61. The first-order chi connectivity index (χ1) is 6.33. The highest BCUT2D eigenvalue weighted by Crippen LogP contribution is 2.60. The van der Waals surface area contributed by atoms with Gasteiger partial charge >= 0.3 is 15.6 Å². The van der Waals surface area contributed by atoms with Crippen LogP contribution in [0.2, 0.25) is 0 Å². The summed E-state index contributed by atoms with van der Waals surface area (Å²) >= 11 is 0. The van der Waals surface area contributed by atoms with E-state index in [4.69, 9.17) is 9.79 Å². The number of rotatable bonds is 6. The van der Waals surface area contributed by atoms with Crippen LogP contribution >= 0.6 is 15.6 Å². The van der Waals surface area contributed by atoms with Gasteiger partial charge in [0.2, 0.25) is 0 Å². The summed E-state index contributed by atoms with van der Waals surface area (Å²) in [5.41, 5.74) is 0. The Hall–Kier alpha value is -0.160. The lowest BCUT2D eigenvalue weighted by Gasteiger charge is -2.12. The Balaban J connectivity index is 4.28. The second kappa shape index (κ2) is 5.66. The molecular formula is C5H12O7P2. The van der Waals surface area contributed by atoms with Crippen molar-refractivity contribution in [3.8, 4) is 0 Å². The van der Waals surface area contributed by atoms with Gasteiger partial charge in [-0.15, -0.1) is 0 Å². The van der Waals surface area contributed by atoms with E-state index in [1.165, 1.54) is 6.08 Å². The van der Waals surface area contributed by atoms with Crippen molar-refractivity contribution in [1.29, 1.82) is 0 Å². The zero-order valence-corrected chi connectivity index (χ0v) is 9.48. The molecule has 0 radical (unpaired) electrons. The third-order valence-corrected chi connectivity index (χ3v) is 3.46. The predicted octanol–water partition coefficient (Wildman–Crippen LogP) is 1.79. The minimum atomic E-state index is -4.59. The first kappa shape index (κ1) is 13.8. The summed E-state index contributed by atoms with van der Waals surface area (Å²) in [7, 11) is -8.24. The molecule has 7 nitrogen and oxygen atoms in total. The average molecular weight is 246 g/mol. The van der Waals surface area contributed by atoms with Gasteiger partial charge in [-0.1, -0.05) is 6.92 Å². The molecule has 0 saturated carbocycles. The Morgan fingerprint density at radius 1 is 1.29 bits per heavy atom. The van der Waals surface area contributed by atoms with Crippen molar-refractivity contribution in [3.63, 3.8) is 0 Å². The number of phosphoric acid groups is 2. The third kappa shape index (κ3) is 6.32. The van der Waals surface area contributed by atoms with Gasteiger partial charge in [0, 0.05) is 7.11 Å². The first-order valence-corrected chi connectivity index (χ1v) is 6.58. The van der Waals surface area contributed by atoms with E-state index in [1.54, 1.807) is 6.92 Å². The van der Waals surface area contributed by atoms with E-state index in [1.807, 2.05) is 0 Å². The maximum absolute atomic E-state index is 10.9. The normalized spacial score (nSPS) is 20.3. The van der Waals surface area contributed by atoms with Crippen LogP contribution in [0.4, 0.5) is 0 Å². The molecule has 9 heteroatoms. The monoisotopic (exact) mass is 246 g/mol. The molecule has 0 aromatic heterocycles. The molecule has 0 aliphatic carbocycles. The molecule has 0 spiro atoms. The topological polar surface area (TPSA) is 102 Å². The molecule has 2 atom stereocenters. The number of hydrogen-bond acceptors (Lipinski definition) is 5. The van der Waals surface area contributed by atoms with E-state index in [9.17, 15) is 9.13 Å². The minimum Gasteiger partial charge on any atom is -0.412 e. The summed E-state index contributed by atoms with van der Waals surface area (Å²) in [5.74, 6) is 0. The average Bonchev–Trinajstić information content (AvgIpc) is 2.03. The highest BCUT2D eigenvalue weighted by atomic mass is 31.3. The molecule has 84 valence electrons. The molecule has 0 aromatic rings. The lowest BCUT2D eigenvalue weighted by atomic mass is 10.5. The van der Waals surface area contributed by atoms with Crippen LogP contribution in [0.5, 0.6) is 0 Å². The second-order valence-electron chi connectivity index (χ2n) is 2.09. The Bertz CT molecular complexity index is 286. The molecule has 0 fully saturated rings. The quantitative estimate of drug-likeness (QED) is 0.543. The van der Waals surface area contributed by atoms with E-state index >= 15 is 0 Å². The van der Waals surface area contributed by atoms with Crippen LogP contribution in [0.25, 0.3) is 0 Å². The van der Waals surface area contributed by atoms with Crippen LogP contribution < -0.4 is 0 Å². The van der Waals surface area contributed by atoms with Gasteiger partial charge in [0.15, 0.2) is 0 Å².